The molecule has 0 bridgehead atoms. The molecule has 3 rings (SSSR count). The van der Waals surface area contributed by atoms with E-state index in [2.05, 4.69) is 10.2 Å². The van der Waals surface area contributed by atoms with Crippen LogP contribution in [0.1, 0.15) is 40.4 Å². The molecule has 1 N–H and O–H groups in total. The molecule has 0 aliphatic carbocycles. The first-order chi connectivity index (χ1) is 14.6. The first-order valence-corrected chi connectivity index (χ1v) is 10.1. The van der Waals surface area contributed by atoms with E-state index in [4.69, 9.17) is 18.6 Å². The predicted molar refractivity (Wildman–Crippen MR) is 115 cm³/mol. The smallest absolute Gasteiger partial charge is 0.251 e. The normalized spacial score (nSPS) is 15.9. The molecule has 1 amide bonds. The van der Waals surface area contributed by atoms with Crippen molar-refractivity contribution in [2.75, 3.05) is 47.1 Å². The van der Waals surface area contributed by atoms with E-state index in [-0.39, 0.29) is 11.9 Å². The summed E-state index contributed by atoms with van der Waals surface area (Å²) in [6, 6.07) is 7.37. The van der Waals surface area contributed by atoms with Crippen LogP contribution in [0.25, 0.3) is 6.08 Å². The molecule has 1 fully saturated rings. The maximum absolute atomic E-state index is 13.0. The number of hydrogen-bond acceptors (Lipinski definition) is 6. The van der Waals surface area contributed by atoms with Crippen LogP contribution in [0, 0.1) is 6.92 Å². The van der Waals surface area contributed by atoms with Crippen molar-refractivity contribution in [3.8, 4) is 11.5 Å². The van der Waals surface area contributed by atoms with Crippen LogP contribution in [0.2, 0.25) is 0 Å². The average Bonchev–Trinajstić information content (AvgIpc) is 3.20. The van der Waals surface area contributed by atoms with Gasteiger partial charge in [0.1, 0.15) is 11.5 Å². The Labute approximate surface area is 177 Å². The minimum absolute atomic E-state index is 0.0540. The average molecular weight is 415 g/mol. The number of furan rings is 1. The number of benzene rings is 1. The zero-order valence-corrected chi connectivity index (χ0v) is 18.1. The van der Waals surface area contributed by atoms with E-state index in [9.17, 15) is 4.79 Å². The molecule has 0 spiro atoms. The molecule has 1 saturated heterocycles. The fourth-order valence-corrected chi connectivity index (χ4v) is 3.65. The van der Waals surface area contributed by atoms with Crippen molar-refractivity contribution in [2.45, 2.75) is 19.9 Å². The van der Waals surface area contributed by atoms with E-state index in [1.54, 1.807) is 26.4 Å². The molecule has 1 aromatic heterocycles. The maximum atomic E-state index is 13.0. The number of carbonyl (C=O) groups excluding carboxylic acids is 1. The number of allylic oxidation sites excluding steroid dienone is 1. The zero-order chi connectivity index (χ0) is 21.5. The molecule has 1 aromatic carbocycles. The summed E-state index contributed by atoms with van der Waals surface area (Å²) >= 11 is 0. The van der Waals surface area contributed by atoms with Crippen molar-refractivity contribution < 1.29 is 23.4 Å². The van der Waals surface area contributed by atoms with Gasteiger partial charge in [0.15, 0.2) is 11.5 Å². The highest BCUT2D eigenvalue weighted by atomic mass is 16.5. The Bertz CT molecular complexity index is 884. The molecule has 1 aliphatic heterocycles. The second-order valence-corrected chi connectivity index (χ2v) is 7.12. The molecule has 2 heterocycles. The SMILES string of the molecule is C/C=C/c1cc(C(=O)NCC(c2ccc(C)o2)N2CCOCC2)cc(OC)c1OC. The highest BCUT2D eigenvalue weighted by Gasteiger charge is 2.26. The summed E-state index contributed by atoms with van der Waals surface area (Å²) in [4.78, 5) is 15.3. The number of carbonyl (C=O) groups is 1. The molecule has 1 aliphatic rings. The van der Waals surface area contributed by atoms with Crippen LogP contribution in [-0.4, -0.2) is 57.9 Å². The molecule has 0 saturated carbocycles. The standard InChI is InChI=1S/C23H30N2O5/c1-5-6-17-13-18(14-21(27-3)22(17)28-4)23(26)24-15-19(20-8-7-16(2)30-20)25-9-11-29-12-10-25/h5-8,13-14,19H,9-12,15H2,1-4H3,(H,24,26)/b6-5+. The van der Waals surface area contributed by atoms with Crippen LogP contribution in [0.3, 0.4) is 0 Å². The van der Waals surface area contributed by atoms with Crippen LogP contribution < -0.4 is 14.8 Å². The summed E-state index contributed by atoms with van der Waals surface area (Å²) in [7, 11) is 3.15. The Hall–Kier alpha value is -2.77. The van der Waals surface area contributed by atoms with Crippen LogP contribution in [-0.2, 0) is 4.74 Å². The molecule has 0 radical (unpaired) electrons. The van der Waals surface area contributed by atoms with E-state index in [0.29, 0.717) is 36.8 Å². The van der Waals surface area contributed by atoms with E-state index >= 15 is 0 Å². The van der Waals surface area contributed by atoms with E-state index in [1.165, 1.54) is 0 Å². The molecule has 162 valence electrons. The Morgan fingerprint density at radius 2 is 2.00 bits per heavy atom. The lowest BCUT2D eigenvalue weighted by Gasteiger charge is -2.33. The van der Waals surface area contributed by atoms with E-state index in [0.717, 1.165) is 30.2 Å². The highest BCUT2D eigenvalue weighted by Crippen LogP contribution is 2.33. The number of nitrogens with zero attached hydrogens (tertiary/aromatic N) is 1. The first-order valence-electron chi connectivity index (χ1n) is 10.1. The minimum Gasteiger partial charge on any atom is -0.493 e. The van der Waals surface area contributed by atoms with Gasteiger partial charge in [-0.25, -0.2) is 0 Å². The van der Waals surface area contributed by atoms with Gasteiger partial charge in [-0.3, -0.25) is 9.69 Å². The van der Waals surface area contributed by atoms with Gasteiger partial charge in [0.2, 0.25) is 0 Å². The van der Waals surface area contributed by atoms with Crippen molar-refractivity contribution >= 4 is 12.0 Å². The fraction of sp³-hybridized carbons (Fsp3) is 0.435. The van der Waals surface area contributed by atoms with Crippen molar-refractivity contribution in [1.82, 2.24) is 10.2 Å². The lowest BCUT2D eigenvalue weighted by Crippen LogP contribution is -2.43. The van der Waals surface area contributed by atoms with Crippen molar-refractivity contribution in [3.05, 3.63) is 53.0 Å². The largest absolute Gasteiger partial charge is 0.493 e. The molecule has 2 aromatic rings. The zero-order valence-electron chi connectivity index (χ0n) is 18.1. The van der Waals surface area contributed by atoms with E-state index < -0.39 is 0 Å². The Morgan fingerprint density at radius 1 is 1.23 bits per heavy atom. The third kappa shape index (κ3) is 5.04. The number of amides is 1. The second kappa shape index (κ2) is 10.3. The maximum Gasteiger partial charge on any atom is 0.251 e. The van der Waals surface area contributed by atoms with Gasteiger partial charge in [0.05, 0.1) is 33.5 Å². The Morgan fingerprint density at radius 3 is 2.60 bits per heavy atom. The summed E-state index contributed by atoms with van der Waals surface area (Å²) in [5.41, 5.74) is 1.30. The molecular formula is C23H30N2O5. The number of aryl methyl sites for hydroxylation is 1. The quantitative estimate of drug-likeness (QED) is 0.713. The van der Waals surface area contributed by atoms with Gasteiger partial charge in [-0.05, 0) is 38.1 Å². The summed E-state index contributed by atoms with van der Waals surface area (Å²) in [5, 5.41) is 3.06. The van der Waals surface area contributed by atoms with Crippen molar-refractivity contribution in [3.63, 3.8) is 0 Å². The second-order valence-electron chi connectivity index (χ2n) is 7.12. The lowest BCUT2D eigenvalue weighted by molar-refractivity contribution is 0.0117. The number of ether oxygens (including phenoxy) is 3. The van der Waals surface area contributed by atoms with Crippen LogP contribution in [0.5, 0.6) is 11.5 Å². The molecule has 30 heavy (non-hydrogen) atoms. The lowest BCUT2D eigenvalue weighted by atomic mass is 10.1. The van der Waals surface area contributed by atoms with E-state index in [1.807, 2.05) is 38.1 Å². The van der Waals surface area contributed by atoms with Crippen molar-refractivity contribution in [2.24, 2.45) is 0 Å². The van der Waals surface area contributed by atoms with Gasteiger partial charge in [0.25, 0.3) is 5.91 Å². The Balaban J connectivity index is 1.80. The monoisotopic (exact) mass is 414 g/mol. The topological polar surface area (TPSA) is 73.2 Å². The number of methoxy groups -OCH3 is 2. The van der Waals surface area contributed by atoms with Gasteiger partial charge in [0, 0.05) is 30.8 Å². The number of morpholine rings is 1. The number of nitrogens with one attached hydrogen (secondary N) is 1. The van der Waals surface area contributed by atoms with Crippen LogP contribution in [0.15, 0.2) is 34.8 Å². The summed E-state index contributed by atoms with van der Waals surface area (Å²) in [6.45, 7) is 7.20. The fourth-order valence-electron chi connectivity index (χ4n) is 3.65. The number of hydrogen-bond donors (Lipinski definition) is 1. The summed E-state index contributed by atoms with van der Waals surface area (Å²) < 4.78 is 22.2. The summed E-state index contributed by atoms with van der Waals surface area (Å²) in [5.74, 6) is 2.64. The molecule has 1 atom stereocenters. The van der Waals surface area contributed by atoms with Gasteiger partial charge < -0.3 is 23.9 Å². The van der Waals surface area contributed by atoms with Crippen LogP contribution in [0.4, 0.5) is 0 Å². The van der Waals surface area contributed by atoms with Gasteiger partial charge in [-0.2, -0.15) is 0 Å². The molecule has 1 unspecified atom stereocenters. The predicted octanol–water partition coefficient (Wildman–Crippen LogP) is 3.44. The third-order valence-electron chi connectivity index (χ3n) is 5.15. The van der Waals surface area contributed by atoms with Crippen molar-refractivity contribution in [1.29, 1.82) is 0 Å². The van der Waals surface area contributed by atoms with Crippen LogP contribution >= 0.6 is 0 Å². The van der Waals surface area contributed by atoms with Gasteiger partial charge >= 0.3 is 0 Å². The summed E-state index contributed by atoms with van der Waals surface area (Å²) in [6.07, 6.45) is 3.78. The number of rotatable bonds is 8. The van der Waals surface area contributed by atoms with Gasteiger partial charge in [-0.15, -0.1) is 0 Å². The molecule has 7 heteroatoms. The minimum atomic E-state index is -0.178. The molecular weight excluding hydrogens is 384 g/mol. The third-order valence-corrected chi connectivity index (χ3v) is 5.15. The molecule has 7 nitrogen and oxygen atoms in total. The van der Waals surface area contributed by atoms with Gasteiger partial charge in [-0.1, -0.05) is 12.2 Å². The highest BCUT2D eigenvalue weighted by molar-refractivity contribution is 5.96. The first kappa shape index (κ1) is 21.9. The Kier molecular flexibility index (Phi) is 7.54.